The van der Waals surface area contributed by atoms with E-state index in [1.54, 1.807) is 17.1 Å². The molecular formula is C27H24N4O2. The lowest BCUT2D eigenvalue weighted by atomic mass is 10.0. The number of hydrogen-bond donors (Lipinski definition) is 0. The van der Waals surface area contributed by atoms with Gasteiger partial charge in [-0.2, -0.15) is 9.78 Å². The lowest BCUT2D eigenvalue weighted by Gasteiger charge is -2.17. The monoisotopic (exact) mass is 436 g/mol. The number of nitrogens with zero attached hydrogens (tertiary/aromatic N) is 4. The zero-order valence-corrected chi connectivity index (χ0v) is 18.9. The summed E-state index contributed by atoms with van der Waals surface area (Å²) in [6.07, 6.45) is 6.36. The first-order valence-corrected chi connectivity index (χ1v) is 11.1. The van der Waals surface area contributed by atoms with Gasteiger partial charge in [0.05, 0.1) is 11.9 Å². The van der Waals surface area contributed by atoms with Gasteiger partial charge < -0.3 is 4.42 Å². The molecule has 6 nitrogen and oxygen atoms in total. The maximum atomic E-state index is 13.6. The first kappa shape index (κ1) is 20.8. The molecule has 164 valence electrons. The molecule has 0 aliphatic heterocycles. The van der Waals surface area contributed by atoms with Gasteiger partial charge in [0.2, 0.25) is 0 Å². The Morgan fingerprint density at radius 2 is 1.73 bits per heavy atom. The molecule has 0 N–H and O–H groups in total. The van der Waals surface area contributed by atoms with E-state index in [0.29, 0.717) is 17.0 Å². The lowest BCUT2D eigenvalue weighted by Crippen LogP contribution is -2.25. The van der Waals surface area contributed by atoms with Crippen molar-refractivity contribution in [3.63, 3.8) is 0 Å². The predicted molar refractivity (Wildman–Crippen MR) is 130 cm³/mol. The van der Waals surface area contributed by atoms with Crippen molar-refractivity contribution in [1.29, 1.82) is 0 Å². The third kappa shape index (κ3) is 3.63. The molecule has 5 aromatic rings. The van der Waals surface area contributed by atoms with E-state index in [4.69, 9.17) is 9.52 Å². The van der Waals surface area contributed by atoms with Crippen LogP contribution >= 0.6 is 0 Å². The van der Waals surface area contributed by atoms with Crippen molar-refractivity contribution in [2.24, 2.45) is 0 Å². The molecule has 33 heavy (non-hydrogen) atoms. The summed E-state index contributed by atoms with van der Waals surface area (Å²) in [5.41, 5.74) is 6.75. The van der Waals surface area contributed by atoms with Crippen LogP contribution in [0.15, 0.2) is 76.5 Å². The molecule has 3 heterocycles. The van der Waals surface area contributed by atoms with Gasteiger partial charge in [0.15, 0.2) is 12.2 Å². The highest BCUT2D eigenvalue weighted by Gasteiger charge is 2.19. The Balaban J connectivity index is 1.85. The number of oxazole rings is 1. The minimum atomic E-state index is -0.215. The smallest absolute Gasteiger partial charge is 0.298 e. The number of pyridine rings is 1. The molecule has 5 rings (SSSR count). The average Bonchev–Trinajstić information content (AvgIpc) is 3.39. The second-order valence-corrected chi connectivity index (χ2v) is 8.05. The van der Waals surface area contributed by atoms with Gasteiger partial charge in [0.25, 0.3) is 5.56 Å². The van der Waals surface area contributed by atoms with E-state index in [-0.39, 0.29) is 5.56 Å². The van der Waals surface area contributed by atoms with Crippen LogP contribution in [0.4, 0.5) is 0 Å². The van der Waals surface area contributed by atoms with Crippen LogP contribution in [-0.4, -0.2) is 19.7 Å². The van der Waals surface area contributed by atoms with Crippen molar-refractivity contribution < 1.29 is 4.42 Å². The number of fused-ring (bicyclic) bond motifs is 1. The van der Waals surface area contributed by atoms with Gasteiger partial charge in [-0.15, -0.1) is 0 Å². The summed E-state index contributed by atoms with van der Waals surface area (Å²) in [5, 5.41) is 5.66. The largest absolute Gasteiger partial charge is 0.444 e. The molecule has 0 atom stereocenters. The van der Waals surface area contributed by atoms with Gasteiger partial charge in [-0.1, -0.05) is 32.0 Å². The van der Waals surface area contributed by atoms with Crippen LogP contribution < -0.4 is 5.56 Å². The van der Waals surface area contributed by atoms with E-state index >= 15 is 0 Å². The standard InChI is InChI=1S/C27H24N4O2/c1-4-18-8-6-9-19(5-2)26(18)31-27(32)25-22(10-7-11-29-25)24(30-31)21-13-17(3)12-20(14-21)23-15-28-16-33-23/h6-16H,4-5H2,1-3H3. The quantitative estimate of drug-likeness (QED) is 0.362. The topological polar surface area (TPSA) is 73.8 Å². The fraction of sp³-hybridized carbons (Fsp3) is 0.185. The fourth-order valence-electron chi connectivity index (χ4n) is 4.34. The summed E-state index contributed by atoms with van der Waals surface area (Å²) in [6, 6.07) is 16.0. The van der Waals surface area contributed by atoms with Crippen LogP contribution in [0.5, 0.6) is 0 Å². The van der Waals surface area contributed by atoms with Gasteiger partial charge in [-0.05, 0) is 66.8 Å². The minimum Gasteiger partial charge on any atom is -0.444 e. The van der Waals surface area contributed by atoms with Gasteiger partial charge >= 0.3 is 0 Å². The second kappa shape index (κ2) is 8.47. The van der Waals surface area contributed by atoms with Crippen LogP contribution in [-0.2, 0) is 12.8 Å². The molecule has 0 unspecified atom stereocenters. The summed E-state index contributed by atoms with van der Waals surface area (Å²) < 4.78 is 7.07. The van der Waals surface area contributed by atoms with Crippen molar-refractivity contribution in [3.8, 4) is 28.3 Å². The molecule has 0 radical (unpaired) electrons. The number of benzene rings is 2. The Bertz CT molecular complexity index is 1500. The average molecular weight is 437 g/mol. The van der Waals surface area contributed by atoms with E-state index in [9.17, 15) is 4.79 Å². The summed E-state index contributed by atoms with van der Waals surface area (Å²) >= 11 is 0. The van der Waals surface area contributed by atoms with Gasteiger partial charge in [0, 0.05) is 22.7 Å². The second-order valence-electron chi connectivity index (χ2n) is 8.05. The van der Waals surface area contributed by atoms with Crippen LogP contribution in [0.25, 0.3) is 39.2 Å². The van der Waals surface area contributed by atoms with Crippen molar-refractivity contribution in [2.45, 2.75) is 33.6 Å². The summed E-state index contributed by atoms with van der Waals surface area (Å²) in [7, 11) is 0. The fourth-order valence-corrected chi connectivity index (χ4v) is 4.34. The number of hydrogen-bond acceptors (Lipinski definition) is 5. The molecule has 0 amide bonds. The molecule has 6 heteroatoms. The predicted octanol–water partition coefficient (Wildman–Crippen LogP) is 5.54. The summed E-state index contributed by atoms with van der Waals surface area (Å²) in [4.78, 5) is 22.1. The maximum Gasteiger partial charge on any atom is 0.298 e. The highest BCUT2D eigenvalue weighted by molar-refractivity contribution is 5.92. The van der Waals surface area contributed by atoms with Gasteiger partial charge in [-0.25, -0.2) is 4.98 Å². The van der Waals surface area contributed by atoms with Crippen LogP contribution in [0, 0.1) is 6.92 Å². The molecule has 0 bridgehead atoms. The molecular weight excluding hydrogens is 412 g/mol. The van der Waals surface area contributed by atoms with E-state index in [1.807, 2.05) is 37.3 Å². The van der Waals surface area contributed by atoms with Crippen molar-refractivity contribution in [3.05, 3.63) is 94.4 Å². The normalized spacial score (nSPS) is 11.2. The van der Waals surface area contributed by atoms with E-state index in [2.05, 4.69) is 42.0 Å². The summed E-state index contributed by atoms with van der Waals surface area (Å²) in [6.45, 7) is 6.21. The van der Waals surface area contributed by atoms with Gasteiger partial charge in [0.1, 0.15) is 11.2 Å². The Morgan fingerprint density at radius 3 is 2.42 bits per heavy atom. The Kier molecular flexibility index (Phi) is 5.34. The molecule has 0 fully saturated rings. The lowest BCUT2D eigenvalue weighted by molar-refractivity contribution is 0.572. The van der Waals surface area contributed by atoms with Crippen LogP contribution in [0.3, 0.4) is 0 Å². The highest BCUT2D eigenvalue weighted by atomic mass is 16.3. The minimum absolute atomic E-state index is 0.215. The first-order chi connectivity index (χ1) is 16.1. The SMILES string of the molecule is CCc1cccc(CC)c1-n1nc(-c2cc(C)cc(-c3cnco3)c2)c2cccnc2c1=O. The van der Waals surface area contributed by atoms with E-state index in [1.165, 1.54) is 6.39 Å². The Morgan fingerprint density at radius 1 is 0.970 bits per heavy atom. The van der Waals surface area contributed by atoms with E-state index < -0.39 is 0 Å². The molecule has 0 aliphatic rings. The first-order valence-electron chi connectivity index (χ1n) is 11.1. The van der Waals surface area contributed by atoms with Crippen molar-refractivity contribution in [1.82, 2.24) is 19.7 Å². The summed E-state index contributed by atoms with van der Waals surface area (Å²) in [5.74, 6) is 0.681. The number of aryl methyl sites for hydroxylation is 3. The number of para-hydroxylation sites is 1. The highest BCUT2D eigenvalue weighted by Crippen LogP contribution is 2.31. The Labute approximate surface area is 191 Å². The van der Waals surface area contributed by atoms with Crippen LogP contribution in [0.1, 0.15) is 30.5 Å². The molecule has 2 aromatic carbocycles. The molecule has 0 saturated carbocycles. The third-order valence-corrected chi connectivity index (χ3v) is 5.90. The van der Waals surface area contributed by atoms with Gasteiger partial charge in [-0.3, -0.25) is 9.78 Å². The van der Waals surface area contributed by atoms with E-state index in [0.717, 1.165) is 51.7 Å². The molecule has 0 spiro atoms. The Hall–Kier alpha value is -4.06. The van der Waals surface area contributed by atoms with Crippen molar-refractivity contribution in [2.75, 3.05) is 0 Å². The molecule has 0 saturated heterocycles. The maximum absolute atomic E-state index is 13.6. The number of rotatable bonds is 5. The van der Waals surface area contributed by atoms with Crippen molar-refractivity contribution >= 4 is 10.9 Å². The third-order valence-electron chi connectivity index (χ3n) is 5.90. The van der Waals surface area contributed by atoms with Crippen LogP contribution in [0.2, 0.25) is 0 Å². The zero-order chi connectivity index (χ0) is 22.9. The number of aromatic nitrogens is 4. The molecule has 0 aliphatic carbocycles. The zero-order valence-electron chi connectivity index (χ0n) is 18.9. The molecule has 3 aromatic heterocycles.